The van der Waals surface area contributed by atoms with Crippen LogP contribution in [0.25, 0.3) is 0 Å². The second-order valence-electron chi connectivity index (χ2n) is 3.12. The maximum absolute atomic E-state index is 5.41. The molecular formula is C9H18O. The Hall–Kier alpha value is -0.0400. The molecule has 0 unspecified atom stereocenters. The molecule has 1 aliphatic heterocycles. The fraction of sp³-hybridized carbons (Fsp3) is 1.00. The summed E-state index contributed by atoms with van der Waals surface area (Å²) in [4.78, 5) is 0. The molecule has 0 aromatic rings. The zero-order chi connectivity index (χ0) is 7.40. The molecule has 1 fully saturated rings. The average Bonchev–Trinajstić information content (AvgIpc) is 2.68. The van der Waals surface area contributed by atoms with Crippen LogP contribution in [-0.2, 0) is 4.74 Å². The van der Waals surface area contributed by atoms with E-state index in [2.05, 4.69) is 13.8 Å². The van der Waals surface area contributed by atoms with Gasteiger partial charge in [0.25, 0.3) is 0 Å². The number of unbranched alkanes of at least 4 members (excludes halogenated alkanes) is 2. The van der Waals surface area contributed by atoms with Crippen molar-refractivity contribution in [2.75, 3.05) is 0 Å². The van der Waals surface area contributed by atoms with Crippen molar-refractivity contribution in [1.29, 1.82) is 0 Å². The minimum atomic E-state index is 0.622. The highest BCUT2D eigenvalue weighted by molar-refractivity contribution is 4.82. The Balaban J connectivity index is 1.87. The van der Waals surface area contributed by atoms with Crippen molar-refractivity contribution in [3.63, 3.8) is 0 Å². The third kappa shape index (κ3) is 2.30. The Morgan fingerprint density at radius 3 is 2.40 bits per heavy atom. The molecule has 1 saturated heterocycles. The molecule has 0 N–H and O–H groups in total. The molecule has 0 radical (unpaired) electrons. The van der Waals surface area contributed by atoms with Gasteiger partial charge >= 0.3 is 0 Å². The Bertz CT molecular complexity index is 90.7. The van der Waals surface area contributed by atoms with Crippen LogP contribution >= 0.6 is 0 Å². The van der Waals surface area contributed by atoms with E-state index in [9.17, 15) is 0 Å². The van der Waals surface area contributed by atoms with Crippen molar-refractivity contribution in [1.82, 2.24) is 0 Å². The molecule has 60 valence electrons. The lowest BCUT2D eigenvalue weighted by atomic mass is 10.1. The van der Waals surface area contributed by atoms with Gasteiger partial charge in [0.05, 0.1) is 12.2 Å². The molecule has 1 heteroatoms. The maximum Gasteiger partial charge on any atom is 0.0841 e. The molecule has 2 atom stereocenters. The summed E-state index contributed by atoms with van der Waals surface area (Å²) in [5.74, 6) is 0. The van der Waals surface area contributed by atoms with Gasteiger partial charge in [-0.25, -0.2) is 0 Å². The second-order valence-corrected chi connectivity index (χ2v) is 3.12. The van der Waals surface area contributed by atoms with Gasteiger partial charge in [0, 0.05) is 0 Å². The van der Waals surface area contributed by atoms with E-state index in [1.165, 1.54) is 32.1 Å². The van der Waals surface area contributed by atoms with E-state index in [-0.39, 0.29) is 0 Å². The van der Waals surface area contributed by atoms with Gasteiger partial charge in [-0.15, -0.1) is 0 Å². The topological polar surface area (TPSA) is 12.5 Å². The zero-order valence-electron chi connectivity index (χ0n) is 7.10. The van der Waals surface area contributed by atoms with E-state index in [0.29, 0.717) is 12.2 Å². The van der Waals surface area contributed by atoms with Gasteiger partial charge in [0.1, 0.15) is 0 Å². The molecule has 0 bridgehead atoms. The molecule has 0 spiro atoms. The average molecular weight is 142 g/mol. The van der Waals surface area contributed by atoms with Crippen LogP contribution in [0.5, 0.6) is 0 Å². The third-order valence-electron chi connectivity index (χ3n) is 2.18. The standard InChI is InChI=1S/C9H18O/c1-3-5-6-7-9-8(4-2)10-9/h8-9H,3-7H2,1-2H3/t8-,9-/m1/s1. The molecule has 1 nitrogen and oxygen atoms in total. The SMILES string of the molecule is CCCCC[C@H]1O[C@@H]1CC. The highest BCUT2D eigenvalue weighted by Crippen LogP contribution is 2.29. The summed E-state index contributed by atoms with van der Waals surface area (Å²) in [6.07, 6.45) is 7.81. The van der Waals surface area contributed by atoms with E-state index in [1.807, 2.05) is 0 Å². The summed E-state index contributed by atoms with van der Waals surface area (Å²) in [7, 11) is 0. The van der Waals surface area contributed by atoms with Crippen molar-refractivity contribution in [3.8, 4) is 0 Å². The molecule has 0 aromatic heterocycles. The Morgan fingerprint density at radius 1 is 1.10 bits per heavy atom. The molecule has 0 aliphatic carbocycles. The number of epoxide rings is 1. The summed E-state index contributed by atoms with van der Waals surface area (Å²) in [6.45, 7) is 4.44. The first-order chi connectivity index (χ1) is 4.88. The van der Waals surface area contributed by atoms with Gasteiger partial charge in [0.15, 0.2) is 0 Å². The Morgan fingerprint density at radius 2 is 1.90 bits per heavy atom. The minimum Gasteiger partial charge on any atom is -0.370 e. The smallest absolute Gasteiger partial charge is 0.0841 e. The molecule has 1 rings (SSSR count). The van der Waals surface area contributed by atoms with Crippen LogP contribution in [-0.4, -0.2) is 12.2 Å². The fourth-order valence-electron chi connectivity index (χ4n) is 1.39. The molecule has 0 aromatic carbocycles. The van der Waals surface area contributed by atoms with Gasteiger partial charge in [-0.2, -0.15) is 0 Å². The van der Waals surface area contributed by atoms with Gasteiger partial charge in [-0.1, -0.05) is 33.1 Å². The summed E-state index contributed by atoms with van der Waals surface area (Å²) < 4.78 is 5.41. The summed E-state index contributed by atoms with van der Waals surface area (Å²) in [6, 6.07) is 0. The first kappa shape index (κ1) is 8.06. The first-order valence-electron chi connectivity index (χ1n) is 4.54. The van der Waals surface area contributed by atoms with Crippen LogP contribution in [0.15, 0.2) is 0 Å². The normalized spacial score (nSPS) is 30.6. The number of hydrogen-bond acceptors (Lipinski definition) is 1. The quantitative estimate of drug-likeness (QED) is 0.425. The van der Waals surface area contributed by atoms with Gasteiger partial charge in [0.2, 0.25) is 0 Å². The van der Waals surface area contributed by atoms with Crippen LogP contribution in [0.4, 0.5) is 0 Å². The van der Waals surface area contributed by atoms with E-state index in [1.54, 1.807) is 0 Å². The van der Waals surface area contributed by atoms with Crippen molar-refractivity contribution in [3.05, 3.63) is 0 Å². The van der Waals surface area contributed by atoms with E-state index in [0.717, 1.165) is 0 Å². The molecule has 1 aliphatic rings. The Labute approximate surface area is 63.8 Å². The summed E-state index contributed by atoms with van der Waals surface area (Å²) in [5.41, 5.74) is 0. The van der Waals surface area contributed by atoms with Crippen molar-refractivity contribution >= 4 is 0 Å². The van der Waals surface area contributed by atoms with Crippen LogP contribution in [0.3, 0.4) is 0 Å². The monoisotopic (exact) mass is 142 g/mol. The van der Waals surface area contributed by atoms with Gasteiger partial charge in [-0.05, 0) is 12.8 Å². The molecule has 0 saturated carbocycles. The van der Waals surface area contributed by atoms with E-state index >= 15 is 0 Å². The van der Waals surface area contributed by atoms with Crippen LogP contribution in [0.1, 0.15) is 46.0 Å². The summed E-state index contributed by atoms with van der Waals surface area (Å²) in [5, 5.41) is 0. The summed E-state index contributed by atoms with van der Waals surface area (Å²) >= 11 is 0. The largest absolute Gasteiger partial charge is 0.370 e. The maximum atomic E-state index is 5.41. The zero-order valence-corrected chi connectivity index (χ0v) is 7.10. The van der Waals surface area contributed by atoms with Crippen LogP contribution < -0.4 is 0 Å². The van der Waals surface area contributed by atoms with Crippen molar-refractivity contribution in [2.45, 2.75) is 58.2 Å². The highest BCUT2D eigenvalue weighted by Gasteiger charge is 2.35. The predicted octanol–water partition coefficient (Wildman–Crippen LogP) is 2.74. The molecule has 0 amide bonds. The number of hydrogen-bond donors (Lipinski definition) is 0. The van der Waals surface area contributed by atoms with Gasteiger partial charge in [-0.3, -0.25) is 0 Å². The minimum absolute atomic E-state index is 0.622. The Kier molecular flexibility index (Phi) is 3.20. The molecular weight excluding hydrogens is 124 g/mol. The van der Waals surface area contributed by atoms with Crippen molar-refractivity contribution in [2.24, 2.45) is 0 Å². The lowest BCUT2D eigenvalue weighted by Gasteiger charge is -1.92. The lowest BCUT2D eigenvalue weighted by Crippen LogP contribution is -1.91. The van der Waals surface area contributed by atoms with Crippen molar-refractivity contribution < 1.29 is 4.74 Å². The predicted molar refractivity (Wildman–Crippen MR) is 43.1 cm³/mol. The van der Waals surface area contributed by atoms with E-state index < -0.39 is 0 Å². The highest BCUT2D eigenvalue weighted by atomic mass is 16.6. The van der Waals surface area contributed by atoms with E-state index in [4.69, 9.17) is 4.74 Å². The van der Waals surface area contributed by atoms with Crippen LogP contribution in [0.2, 0.25) is 0 Å². The number of rotatable bonds is 5. The lowest BCUT2D eigenvalue weighted by molar-refractivity contribution is 0.355. The molecule has 10 heavy (non-hydrogen) atoms. The van der Waals surface area contributed by atoms with Crippen LogP contribution in [0, 0.1) is 0 Å². The molecule has 1 heterocycles. The third-order valence-corrected chi connectivity index (χ3v) is 2.18. The van der Waals surface area contributed by atoms with Gasteiger partial charge < -0.3 is 4.74 Å². The second kappa shape index (κ2) is 3.97. The first-order valence-corrected chi connectivity index (χ1v) is 4.54. The fourth-order valence-corrected chi connectivity index (χ4v) is 1.39. The number of ether oxygens (including phenoxy) is 1.